The molecule has 0 aliphatic carbocycles. The largest absolute Gasteiger partial charge is 0.478 e. The molecule has 1 N–H and O–H groups in total. The second-order valence-electron chi connectivity index (χ2n) is 3.85. The van der Waals surface area contributed by atoms with Gasteiger partial charge in [-0.3, -0.25) is 0 Å². The van der Waals surface area contributed by atoms with Gasteiger partial charge in [-0.15, -0.1) is 0 Å². The molecule has 0 unspecified atom stereocenters. The van der Waals surface area contributed by atoms with Crippen molar-refractivity contribution >= 4 is 5.97 Å². The van der Waals surface area contributed by atoms with E-state index >= 15 is 0 Å². The molecule has 1 heterocycles. The van der Waals surface area contributed by atoms with Gasteiger partial charge in [-0.25, -0.2) is 23.5 Å². The van der Waals surface area contributed by atoms with Gasteiger partial charge in [0.05, 0.1) is 0 Å². The minimum absolute atomic E-state index is 0.173. The van der Waals surface area contributed by atoms with E-state index in [1.54, 1.807) is 0 Å². The van der Waals surface area contributed by atoms with Crippen LogP contribution in [0.4, 0.5) is 8.78 Å². The van der Waals surface area contributed by atoms with Gasteiger partial charge in [-0.05, 0) is 5.56 Å². The molecule has 0 amide bonds. The predicted octanol–water partition coefficient (Wildman–Crippen LogP) is 2.70. The quantitative estimate of drug-likeness (QED) is 0.922. The lowest BCUT2D eigenvalue weighted by Gasteiger charge is -2.06. The number of aromatic carboxylic acids is 1. The molecular weight excluding hydrogens is 254 g/mol. The van der Waals surface area contributed by atoms with Gasteiger partial charge in [-0.1, -0.05) is 30.3 Å². The highest BCUT2D eigenvalue weighted by Gasteiger charge is 2.21. The monoisotopic (exact) mass is 264 g/mol. The molecule has 0 saturated heterocycles. The van der Waals surface area contributed by atoms with Gasteiger partial charge in [0.15, 0.2) is 0 Å². The van der Waals surface area contributed by atoms with Crippen molar-refractivity contribution in [3.8, 4) is 0 Å². The lowest BCUT2D eigenvalue weighted by molar-refractivity contribution is 0.0681. The summed E-state index contributed by atoms with van der Waals surface area (Å²) in [5.41, 5.74) is -0.439. The Morgan fingerprint density at radius 2 is 1.95 bits per heavy atom. The van der Waals surface area contributed by atoms with E-state index in [1.165, 1.54) is 0 Å². The van der Waals surface area contributed by atoms with Gasteiger partial charge in [0, 0.05) is 12.6 Å². The zero-order valence-electron chi connectivity index (χ0n) is 9.75. The van der Waals surface area contributed by atoms with E-state index in [0.29, 0.717) is 0 Å². The van der Waals surface area contributed by atoms with E-state index in [2.05, 4.69) is 9.97 Å². The molecule has 0 aliphatic rings. The van der Waals surface area contributed by atoms with Crippen molar-refractivity contribution in [2.45, 2.75) is 12.8 Å². The molecule has 0 spiro atoms. The number of hydrogen-bond acceptors (Lipinski definition) is 3. The first-order valence-electron chi connectivity index (χ1n) is 5.49. The van der Waals surface area contributed by atoms with Crippen LogP contribution in [0.15, 0.2) is 36.5 Å². The first-order chi connectivity index (χ1) is 9.08. The van der Waals surface area contributed by atoms with Crippen molar-refractivity contribution in [1.82, 2.24) is 9.97 Å². The topological polar surface area (TPSA) is 63.1 Å². The lowest BCUT2D eigenvalue weighted by atomic mass is 10.1. The number of benzene rings is 1. The van der Waals surface area contributed by atoms with E-state index in [0.717, 1.165) is 11.8 Å². The van der Waals surface area contributed by atoms with Crippen LogP contribution in [0.25, 0.3) is 0 Å². The van der Waals surface area contributed by atoms with Crippen LogP contribution in [0.5, 0.6) is 0 Å². The van der Waals surface area contributed by atoms with Crippen molar-refractivity contribution in [3.63, 3.8) is 0 Å². The molecule has 2 aromatic rings. The number of carboxylic acids is 1. The van der Waals surface area contributed by atoms with Crippen molar-refractivity contribution in [3.05, 3.63) is 59.2 Å². The number of hydrogen-bond donors (Lipinski definition) is 1. The zero-order valence-corrected chi connectivity index (χ0v) is 9.75. The molecule has 0 saturated carbocycles. The Hall–Kier alpha value is -2.37. The summed E-state index contributed by atoms with van der Waals surface area (Å²) in [6, 6.07) is 9.10. The number of halogens is 2. The van der Waals surface area contributed by atoms with Crippen LogP contribution in [0.2, 0.25) is 0 Å². The Labute approximate surface area is 107 Å². The number of aromatic nitrogens is 2. The van der Waals surface area contributed by atoms with Gasteiger partial charge >= 0.3 is 5.97 Å². The SMILES string of the molecule is O=C(O)c1cnc(Cc2ccccc2)nc1C(F)F. The van der Waals surface area contributed by atoms with Crippen molar-refractivity contribution < 1.29 is 18.7 Å². The van der Waals surface area contributed by atoms with Crippen LogP contribution in [-0.2, 0) is 6.42 Å². The third-order valence-corrected chi connectivity index (χ3v) is 2.51. The average molecular weight is 264 g/mol. The number of nitrogens with zero attached hydrogens (tertiary/aromatic N) is 2. The van der Waals surface area contributed by atoms with E-state index in [1.807, 2.05) is 30.3 Å². The Kier molecular flexibility index (Phi) is 3.79. The van der Waals surface area contributed by atoms with Crippen LogP contribution < -0.4 is 0 Å². The minimum Gasteiger partial charge on any atom is -0.478 e. The number of alkyl halides is 2. The molecule has 0 atom stereocenters. The van der Waals surface area contributed by atoms with Gasteiger partial charge in [-0.2, -0.15) is 0 Å². The summed E-state index contributed by atoms with van der Waals surface area (Å²) in [5.74, 6) is -1.28. The van der Waals surface area contributed by atoms with Gasteiger partial charge < -0.3 is 5.11 Å². The summed E-state index contributed by atoms with van der Waals surface area (Å²) in [6.45, 7) is 0. The van der Waals surface area contributed by atoms with Crippen LogP contribution in [0.1, 0.15) is 33.9 Å². The van der Waals surface area contributed by atoms with Gasteiger partial charge in [0.1, 0.15) is 17.1 Å². The zero-order chi connectivity index (χ0) is 13.8. The first kappa shape index (κ1) is 13.1. The van der Waals surface area contributed by atoms with Crippen molar-refractivity contribution in [2.24, 2.45) is 0 Å². The molecular formula is C13H10F2N2O2. The third-order valence-electron chi connectivity index (χ3n) is 2.51. The summed E-state index contributed by atoms with van der Waals surface area (Å²) >= 11 is 0. The van der Waals surface area contributed by atoms with Crippen molar-refractivity contribution in [2.75, 3.05) is 0 Å². The normalized spacial score (nSPS) is 10.7. The van der Waals surface area contributed by atoms with E-state index in [-0.39, 0.29) is 12.2 Å². The Bertz CT molecular complexity index is 588. The molecule has 19 heavy (non-hydrogen) atoms. The molecule has 4 nitrogen and oxygen atoms in total. The summed E-state index contributed by atoms with van der Waals surface area (Å²) in [5, 5.41) is 8.78. The summed E-state index contributed by atoms with van der Waals surface area (Å²) in [7, 11) is 0. The van der Waals surface area contributed by atoms with Crippen LogP contribution in [0, 0.1) is 0 Å². The summed E-state index contributed by atoms with van der Waals surface area (Å²) in [6.07, 6.45) is -1.74. The second-order valence-corrected chi connectivity index (χ2v) is 3.85. The highest BCUT2D eigenvalue weighted by atomic mass is 19.3. The molecule has 2 rings (SSSR count). The maximum absolute atomic E-state index is 12.8. The molecule has 1 aromatic carbocycles. The van der Waals surface area contributed by atoms with Crippen LogP contribution >= 0.6 is 0 Å². The molecule has 6 heteroatoms. The fourth-order valence-electron chi connectivity index (χ4n) is 1.63. The Morgan fingerprint density at radius 3 is 2.53 bits per heavy atom. The Morgan fingerprint density at radius 1 is 1.26 bits per heavy atom. The second kappa shape index (κ2) is 5.51. The molecule has 1 aromatic heterocycles. The maximum atomic E-state index is 12.8. The van der Waals surface area contributed by atoms with E-state index in [9.17, 15) is 13.6 Å². The highest BCUT2D eigenvalue weighted by Crippen LogP contribution is 2.21. The molecule has 0 fully saturated rings. The summed E-state index contributed by atoms with van der Waals surface area (Å²) < 4.78 is 25.5. The average Bonchev–Trinajstić information content (AvgIpc) is 2.39. The minimum atomic E-state index is -2.94. The number of carboxylic acid groups (broad SMARTS) is 1. The summed E-state index contributed by atoms with van der Waals surface area (Å²) in [4.78, 5) is 18.2. The fraction of sp³-hybridized carbons (Fsp3) is 0.154. The smallest absolute Gasteiger partial charge is 0.339 e. The maximum Gasteiger partial charge on any atom is 0.339 e. The van der Waals surface area contributed by atoms with Crippen LogP contribution in [0.3, 0.4) is 0 Å². The fourth-order valence-corrected chi connectivity index (χ4v) is 1.63. The van der Waals surface area contributed by atoms with Crippen molar-refractivity contribution in [1.29, 1.82) is 0 Å². The predicted molar refractivity (Wildman–Crippen MR) is 63.2 cm³/mol. The molecule has 98 valence electrons. The standard InChI is InChI=1S/C13H10F2N2O2/c14-12(15)11-9(13(18)19)7-16-10(17-11)6-8-4-2-1-3-5-8/h1-5,7,12H,6H2,(H,18,19). The first-order valence-corrected chi connectivity index (χ1v) is 5.49. The third kappa shape index (κ3) is 3.09. The Balaban J connectivity index is 2.33. The molecule has 0 aliphatic heterocycles. The highest BCUT2D eigenvalue weighted by molar-refractivity contribution is 5.88. The lowest BCUT2D eigenvalue weighted by Crippen LogP contribution is -2.09. The van der Waals surface area contributed by atoms with E-state index in [4.69, 9.17) is 5.11 Å². The molecule has 0 bridgehead atoms. The van der Waals surface area contributed by atoms with Crippen LogP contribution in [-0.4, -0.2) is 21.0 Å². The van der Waals surface area contributed by atoms with E-state index < -0.39 is 23.7 Å². The molecule has 0 radical (unpaired) electrons. The van der Waals surface area contributed by atoms with Gasteiger partial charge in [0.25, 0.3) is 6.43 Å². The van der Waals surface area contributed by atoms with Gasteiger partial charge in [0.2, 0.25) is 0 Å². The number of carbonyl (C=O) groups is 1. The number of rotatable bonds is 4.